The molecule has 0 amide bonds. The van der Waals surface area contributed by atoms with Gasteiger partial charge < -0.3 is 10.1 Å². The van der Waals surface area contributed by atoms with E-state index in [9.17, 15) is 0 Å². The molecule has 0 aromatic heterocycles. The number of hydrogen-bond donors (Lipinski definition) is 1. The highest BCUT2D eigenvalue weighted by atomic mass is 16.5. The van der Waals surface area contributed by atoms with Crippen LogP contribution in [0.3, 0.4) is 0 Å². The first kappa shape index (κ1) is 15.6. The Labute approximate surface area is 137 Å². The van der Waals surface area contributed by atoms with Crippen molar-refractivity contribution in [1.29, 1.82) is 0 Å². The molecule has 2 aromatic carbocycles. The Hall–Kier alpha value is -2.29. The largest absolute Gasteiger partial charge is 0.453 e. The van der Waals surface area contributed by atoms with Gasteiger partial charge >= 0.3 is 0 Å². The molecule has 1 heterocycles. The molecule has 23 heavy (non-hydrogen) atoms. The Morgan fingerprint density at radius 2 is 1.87 bits per heavy atom. The molecule has 3 nitrogen and oxygen atoms in total. The Bertz CT molecular complexity index is 853. The van der Waals surface area contributed by atoms with Crippen molar-refractivity contribution in [1.82, 2.24) is 0 Å². The van der Waals surface area contributed by atoms with Gasteiger partial charge in [-0.1, -0.05) is 19.4 Å². The van der Waals surface area contributed by atoms with Crippen LogP contribution >= 0.6 is 0 Å². The lowest BCUT2D eigenvalue weighted by molar-refractivity contribution is 0.468. The maximum Gasteiger partial charge on any atom is 0.155 e. The van der Waals surface area contributed by atoms with E-state index in [0.717, 1.165) is 58.7 Å². The van der Waals surface area contributed by atoms with E-state index in [1.54, 1.807) is 0 Å². The quantitative estimate of drug-likeness (QED) is 0.776. The standard InChI is InChI=1S/C20H24N2O/c1-5-7-8-15-9-13(3)19-17(11-15)23-18-12-16(21-6-2)10-14(4)20(18)22-19/h8-12,21H,5-7H2,1-4H3/b15-8+. The number of hydrogen-bond acceptors (Lipinski definition) is 3. The third-order valence-corrected chi connectivity index (χ3v) is 4.05. The summed E-state index contributed by atoms with van der Waals surface area (Å²) in [5, 5.41) is 5.50. The normalized spacial score (nSPS) is 13.0. The first-order valence-corrected chi connectivity index (χ1v) is 8.38. The second-order valence-corrected chi connectivity index (χ2v) is 6.06. The summed E-state index contributed by atoms with van der Waals surface area (Å²) in [6, 6.07) is 8.45. The zero-order valence-corrected chi connectivity index (χ0v) is 14.4. The zero-order valence-electron chi connectivity index (χ0n) is 14.4. The number of nitrogens with one attached hydrogen (secondary N) is 1. The summed E-state index contributed by atoms with van der Waals surface area (Å²) in [4.78, 5) is 4.86. The molecule has 0 radical (unpaired) electrons. The second-order valence-electron chi connectivity index (χ2n) is 6.06. The molecule has 0 unspecified atom stereocenters. The van der Waals surface area contributed by atoms with Gasteiger partial charge in [-0.2, -0.15) is 0 Å². The van der Waals surface area contributed by atoms with Gasteiger partial charge in [-0.25, -0.2) is 4.99 Å². The fourth-order valence-corrected chi connectivity index (χ4v) is 2.93. The van der Waals surface area contributed by atoms with E-state index < -0.39 is 0 Å². The lowest BCUT2D eigenvalue weighted by atomic mass is 10.1. The summed E-state index contributed by atoms with van der Waals surface area (Å²) in [5.41, 5.74) is 4.30. The molecule has 0 saturated carbocycles. The molecule has 3 heteroatoms. The van der Waals surface area contributed by atoms with Crippen LogP contribution in [0, 0.1) is 13.8 Å². The van der Waals surface area contributed by atoms with Crippen LogP contribution in [0.5, 0.6) is 11.5 Å². The molecule has 1 N–H and O–H groups in total. The average molecular weight is 308 g/mol. The van der Waals surface area contributed by atoms with E-state index in [2.05, 4.69) is 57.3 Å². The van der Waals surface area contributed by atoms with Crippen molar-refractivity contribution in [3.63, 3.8) is 0 Å². The van der Waals surface area contributed by atoms with Crippen LogP contribution in [0.25, 0.3) is 6.08 Å². The summed E-state index contributed by atoms with van der Waals surface area (Å²) >= 11 is 0. The number of benzene rings is 2. The molecule has 120 valence electrons. The van der Waals surface area contributed by atoms with Crippen molar-refractivity contribution in [3.8, 4) is 11.5 Å². The number of unbranched alkanes of at least 4 members (excludes halogenated alkanes) is 1. The lowest BCUT2D eigenvalue weighted by Gasteiger charge is -2.18. The van der Waals surface area contributed by atoms with Crippen LogP contribution in [0.15, 0.2) is 29.3 Å². The lowest BCUT2D eigenvalue weighted by Crippen LogP contribution is -2.18. The van der Waals surface area contributed by atoms with Crippen molar-refractivity contribution < 1.29 is 4.74 Å². The molecule has 0 saturated heterocycles. The van der Waals surface area contributed by atoms with Gasteiger partial charge in [0.1, 0.15) is 11.0 Å². The minimum absolute atomic E-state index is 0.834. The third-order valence-electron chi connectivity index (χ3n) is 4.05. The summed E-state index contributed by atoms with van der Waals surface area (Å²) in [6.45, 7) is 9.35. The highest BCUT2D eigenvalue weighted by Gasteiger charge is 2.16. The first-order chi connectivity index (χ1) is 11.1. The smallest absolute Gasteiger partial charge is 0.155 e. The number of rotatable bonds is 4. The molecule has 2 aromatic rings. The Morgan fingerprint density at radius 3 is 2.61 bits per heavy atom. The fraction of sp³-hybridized carbons (Fsp3) is 0.350. The highest BCUT2D eigenvalue weighted by Crippen LogP contribution is 2.38. The number of nitrogens with zero attached hydrogens (tertiary/aromatic N) is 1. The van der Waals surface area contributed by atoms with Crippen molar-refractivity contribution in [2.75, 3.05) is 11.9 Å². The van der Waals surface area contributed by atoms with Crippen molar-refractivity contribution in [3.05, 3.63) is 46.0 Å². The predicted octanol–water partition coefficient (Wildman–Crippen LogP) is 4.37. The maximum absolute atomic E-state index is 6.19. The molecule has 0 bridgehead atoms. The van der Waals surface area contributed by atoms with Gasteiger partial charge in [0.15, 0.2) is 11.5 Å². The SMILES string of the molecule is CCC/C=c1\cc(C)c2c(c1)Oc1cc(NCC)cc(C)c1N=2. The molecule has 0 fully saturated rings. The van der Waals surface area contributed by atoms with E-state index in [-0.39, 0.29) is 0 Å². The van der Waals surface area contributed by atoms with Crippen molar-refractivity contribution >= 4 is 17.5 Å². The van der Waals surface area contributed by atoms with Crippen LogP contribution in [0.1, 0.15) is 37.8 Å². The minimum atomic E-state index is 0.834. The Balaban J connectivity index is 2.14. The molecular formula is C20H24N2O. The first-order valence-electron chi connectivity index (χ1n) is 8.38. The minimum Gasteiger partial charge on any atom is -0.453 e. The van der Waals surface area contributed by atoms with Gasteiger partial charge in [0.2, 0.25) is 0 Å². The van der Waals surface area contributed by atoms with Gasteiger partial charge in [-0.15, -0.1) is 0 Å². The van der Waals surface area contributed by atoms with Crippen molar-refractivity contribution in [2.24, 2.45) is 4.99 Å². The van der Waals surface area contributed by atoms with Crippen LogP contribution in [0.4, 0.5) is 11.4 Å². The average Bonchev–Trinajstić information content (AvgIpc) is 2.52. The van der Waals surface area contributed by atoms with Crippen molar-refractivity contribution in [2.45, 2.75) is 40.5 Å². The fourth-order valence-electron chi connectivity index (χ4n) is 2.93. The van der Waals surface area contributed by atoms with Crippen LogP contribution in [0.2, 0.25) is 0 Å². The monoisotopic (exact) mass is 308 g/mol. The van der Waals surface area contributed by atoms with Crippen LogP contribution < -0.4 is 20.6 Å². The summed E-state index contributed by atoms with van der Waals surface area (Å²) in [7, 11) is 0. The van der Waals surface area contributed by atoms with Crippen LogP contribution in [-0.4, -0.2) is 6.54 Å². The number of anilines is 1. The second kappa shape index (κ2) is 6.45. The number of aryl methyl sites for hydroxylation is 2. The van der Waals surface area contributed by atoms with E-state index in [4.69, 9.17) is 9.73 Å². The van der Waals surface area contributed by atoms with E-state index in [1.165, 1.54) is 5.22 Å². The van der Waals surface area contributed by atoms with Gasteiger partial charge in [-0.3, -0.25) is 0 Å². The molecule has 0 spiro atoms. The van der Waals surface area contributed by atoms with E-state index in [0.29, 0.717) is 0 Å². The Morgan fingerprint density at radius 1 is 1.04 bits per heavy atom. The Kier molecular flexibility index (Phi) is 4.37. The summed E-state index contributed by atoms with van der Waals surface area (Å²) < 4.78 is 6.19. The van der Waals surface area contributed by atoms with Crippen LogP contribution in [-0.2, 0) is 0 Å². The number of ether oxygens (including phenoxy) is 1. The van der Waals surface area contributed by atoms with Gasteiger partial charge in [0.05, 0.1) is 0 Å². The number of fused-ring (bicyclic) bond motifs is 2. The van der Waals surface area contributed by atoms with E-state index in [1.807, 2.05) is 6.07 Å². The van der Waals surface area contributed by atoms with Gasteiger partial charge in [0, 0.05) is 18.3 Å². The molecule has 1 aliphatic heterocycles. The molecule has 1 aliphatic rings. The maximum atomic E-state index is 6.19. The predicted molar refractivity (Wildman–Crippen MR) is 96.4 cm³/mol. The molecule has 0 aliphatic carbocycles. The summed E-state index contributed by atoms with van der Waals surface area (Å²) in [5.74, 6) is 1.69. The van der Waals surface area contributed by atoms with Gasteiger partial charge in [-0.05, 0) is 61.7 Å². The molecule has 3 rings (SSSR count). The summed E-state index contributed by atoms with van der Waals surface area (Å²) in [6.07, 6.45) is 4.48. The topological polar surface area (TPSA) is 33.6 Å². The van der Waals surface area contributed by atoms with E-state index >= 15 is 0 Å². The molecular weight excluding hydrogens is 284 g/mol. The third kappa shape index (κ3) is 3.09. The zero-order chi connectivity index (χ0) is 16.4. The highest BCUT2D eigenvalue weighted by molar-refractivity contribution is 5.67. The van der Waals surface area contributed by atoms with Gasteiger partial charge in [0.25, 0.3) is 0 Å². The molecule has 0 atom stereocenters.